The Balaban J connectivity index is 2.77. The molecule has 0 amide bonds. The summed E-state index contributed by atoms with van der Waals surface area (Å²) in [5.41, 5.74) is 0.291. The van der Waals surface area contributed by atoms with Crippen molar-refractivity contribution in [3.05, 3.63) is 22.7 Å². The molecule has 0 heterocycles. The van der Waals surface area contributed by atoms with Crippen LogP contribution in [0.2, 0.25) is 0 Å². The van der Waals surface area contributed by atoms with Gasteiger partial charge in [0.2, 0.25) is 0 Å². The second kappa shape index (κ2) is 6.97. The SMILES string of the molecule is OCC(O)CNc1c(Br)cccc1OCC(F)(F)F. The molecule has 1 unspecified atom stereocenters. The molecular weight excluding hydrogens is 331 g/mol. The quantitative estimate of drug-likeness (QED) is 0.740. The van der Waals surface area contributed by atoms with Crippen molar-refractivity contribution in [1.29, 1.82) is 0 Å². The van der Waals surface area contributed by atoms with Crippen LogP contribution >= 0.6 is 15.9 Å². The molecule has 108 valence electrons. The van der Waals surface area contributed by atoms with E-state index in [-0.39, 0.29) is 12.3 Å². The highest BCUT2D eigenvalue weighted by Gasteiger charge is 2.29. The van der Waals surface area contributed by atoms with E-state index in [4.69, 9.17) is 5.11 Å². The first-order chi connectivity index (χ1) is 8.83. The highest BCUT2D eigenvalue weighted by Crippen LogP contribution is 2.33. The number of hydrogen-bond donors (Lipinski definition) is 3. The normalized spacial score (nSPS) is 13.2. The lowest BCUT2D eigenvalue weighted by Gasteiger charge is -2.17. The van der Waals surface area contributed by atoms with Crippen LogP contribution in [0.25, 0.3) is 0 Å². The van der Waals surface area contributed by atoms with Crippen LogP contribution in [0.4, 0.5) is 18.9 Å². The van der Waals surface area contributed by atoms with Gasteiger partial charge in [-0.25, -0.2) is 0 Å². The first-order valence-electron chi connectivity index (χ1n) is 5.34. The summed E-state index contributed by atoms with van der Waals surface area (Å²) in [6.07, 6.45) is -5.44. The van der Waals surface area contributed by atoms with Gasteiger partial charge < -0.3 is 20.3 Å². The maximum absolute atomic E-state index is 12.1. The molecule has 0 aliphatic rings. The van der Waals surface area contributed by atoms with Gasteiger partial charge >= 0.3 is 6.18 Å². The zero-order chi connectivity index (χ0) is 14.5. The number of anilines is 1. The zero-order valence-corrected chi connectivity index (χ0v) is 11.3. The minimum Gasteiger partial charge on any atom is -0.482 e. The van der Waals surface area contributed by atoms with Gasteiger partial charge in [0.1, 0.15) is 5.75 Å². The smallest absolute Gasteiger partial charge is 0.422 e. The van der Waals surface area contributed by atoms with Crippen molar-refractivity contribution >= 4 is 21.6 Å². The Labute approximate surface area is 116 Å². The summed E-state index contributed by atoms with van der Waals surface area (Å²) in [5.74, 6) is 0.0110. The Morgan fingerprint density at radius 2 is 2.05 bits per heavy atom. The van der Waals surface area contributed by atoms with Gasteiger partial charge in [-0.05, 0) is 28.1 Å². The van der Waals surface area contributed by atoms with E-state index in [9.17, 15) is 18.3 Å². The molecule has 0 aliphatic carbocycles. The average Bonchev–Trinajstić information content (AvgIpc) is 2.33. The number of ether oxygens (including phenoxy) is 1. The summed E-state index contributed by atoms with van der Waals surface area (Å²) >= 11 is 3.17. The van der Waals surface area contributed by atoms with Crippen LogP contribution < -0.4 is 10.1 Å². The number of halogens is 4. The third-order valence-corrected chi connectivity index (χ3v) is 2.75. The third kappa shape index (κ3) is 5.66. The van der Waals surface area contributed by atoms with Crippen molar-refractivity contribution in [2.45, 2.75) is 12.3 Å². The number of hydrogen-bond acceptors (Lipinski definition) is 4. The maximum Gasteiger partial charge on any atom is 0.422 e. The lowest BCUT2D eigenvalue weighted by molar-refractivity contribution is -0.153. The van der Waals surface area contributed by atoms with Crippen molar-refractivity contribution in [3.63, 3.8) is 0 Å². The fraction of sp³-hybridized carbons (Fsp3) is 0.455. The molecule has 0 fully saturated rings. The van der Waals surface area contributed by atoms with Gasteiger partial charge in [0.15, 0.2) is 6.61 Å². The molecule has 0 spiro atoms. The molecule has 1 rings (SSSR count). The van der Waals surface area contributed by atoms with Crippen LogP contribution in [0, 0.1) is 0 Å². The van der Waals surface area contributed by atoms with Crippen LogP contribution in [-0.4, -0.2) is 42.3 Å². The fourth-order valence-electron chi connectivity index (χ4n) is 1.24. The summed E-state index contributed by atoms with van der Waals surface area (Å²) in [7, 11) is 0. The molecule has 0 aromatic heterocycles. The molecule has 1 aromatic rings. The molecule has 0 aliphatic heterocycles. The van der Waals surface area contributed by atoms with Crippen molar-refractivity contribution < 1.29 is 28.1 Å². The molecule has 0 bridgehead atoms. The Hall–Kier alpha value is -0.990. The first kappa shape index (κ1) is 16.1. The largest absolute Gasteiger partial charge is 0.482 e. The van der Waals surface area contributed by atoms with E-state index in [0.717, 1.165) is 0 Å². The molecule has 0 saturated carbocycles. The lowest BCUT2D eigenvalue weighted by Crippen LogP contribution is -2.24. The van der Waals surface area contributed by atoms with Crippen molar-refractivity contribution in [3.8, 4) is 5.75 Å². The molecular formula is C11H13BrF3NO3. The number of nitrogens with one attached hydrogen (secondary N) is 1. The number of benzene rings is 1. The summed E-state index contributed by atoms with van der Waals surface area (Å²) in [4.78, 5) is 0. The minimum atomic E-state index is -4.43. The van der Waals surface area contributed by atoms with Gasteiger partial charge in [-0.2, -0.15) is 13.2 Å². The molecule has 19 heavy (non-hydrogen) atoms. The molecule has 4 nitrogen and oxygen atoms in total. The second-order valence-corrected chi connectivity index (χ2v) is 4.59. The van der Waals surface area contributed by atoms with E-state index in [1.807, 2.05) is 0 Å². The van der Waals surface area contributed by atoms with Gasteiger partial charge in [0.05, 0.1) is 18.4 Å². The monoisotopic (exact) mass is 343 g/mol. The predicted molar refractivity (Wildman–Crippen MR) is 67.3 cm³/mol. The van der Waals surface area contributed by atoms with Crippen LogP contribution in [0.3, 0.4) is 0 Å². The van der Waals surface area contributed by atoms with Crippen molar-refractivity contribution in [1.82, 2.24) is 0 Å². The van der Waals surface area contributed by atoms with E-state index in [0.29, 0.717) is 10.2 Å². The average molecular weight is 344 g/mol. The molecule has 0 saturated heterocycles. The number of rotatable bonds is 6. The van der Waals surface area contributed by atoms with Crippen molar-refractivity contribution in [2.75, 3.05) is 25.1 Å². The maximum atomic E-state index is 12.1. The number of para-hydroxylation sites is 1. The van der Waals surface area contributed by atoms with Crippen LogP contribution in [0.1, 0.15) is 0 Å². The Kier molecular flexibility index (Phi) is 5.89. The molecule has 1 aromatic carbocycles. The van der Waals surface area contributed by atoms with Gasteiger partial charge in [-0.15, -0.1) is 0 Å². The van der Waals surface area contributed by atoms with E-state index >= 15 is 0 Å². The van der Waals surface area contributed by atoms with Crippen molar-refractivity contribution in [2.24, 2.45) is 0 Å². The van der Waals surface area contributed by atoms with Gasteiger partial charge in [-0.3, -0.25) is 0 Å². The molecule has 3 N–H and O–H groups in total. The van der Waals surface area contributed by atoms with Crippen LogP contribution in [-0.2, 0) is 0 Å². The summed E-state index contributed by atoms with van der Waals surface area (Å²) in [6, 6.07) is 4.53. The van der Waals surface area contributed by atoms with Crippen LogP contribution in [0.5, 0.6) is 5.75 Å². The van der Waals surface area contributed by atoms with E-state index in [1.165, 1.54) is 12.1 Å². The highest BCUT2D eigenvalue weighted by atomic mass is 79.9. The summed E-state index contributed by atoms with van der Waals surface area (Å²) in [5, 5.41) is 20.6. The Morgan fingerprint density at radius 3 is 2.63 bits per heavy atom. The van der Waals surface area contributed by atoms with E-state index in [2.05, 4.69) is 26.0 Å². The summed E-state index contributed by atoms with van der Waals surface area (Å²) in [6.45, 7) is -1.86. The predicted octanol–water partition coefficient (Wildman–Crippen LogP) is 2.16. The van der Waals surface area contributed by atoms with E-state index in [1.54, 1.807) is 6.07 Å². The number of alkyl halides is 3. The molecule has 1 atom stereocenters. The Morgan fingerprint density at radius 1 is 1.37 bits per heavy atom. The van der Waals surface area contributed by atoms with Crippen LogP contribution in [0.15, 0.2) is 22.7 Å². The lowest BCUT2D eigenvalue weighted by atomic mass is 10.2. The summed E-state index contributed by atoms with van der Waals surface area (Å²) < 4.78 is 41.5. The minimum absolute atomic E-state index is 0.0110. The number of aliphatic hydroxyl groups is 2. The molecule has 8 heteroatoms. The third-order valence-electron chi connectivity index (χ3n) is 2.09. The Bertz CT molecular complexity index is 415. The van der Waals surface area contributed by atoms with Gasteiger partial charge in [-0.1, -0.05) is 6.07 Å². The number of aliphatic hydroxyl groups excluding tert-OH is 2. The standard InChI is InChI=1S/C11H13BrF3NO3/c12-8-2-1-3-9(19-6-11(13,14)15)10(8)16-4-7(18)5-17/h1-3,7,16-18H,4-6H2. The highest BCUT2D eigenvalue weighted by molar-refractivity contribution is 9.10. The first-order valence-corrected chi connectivity index (χ1v) is 6.13. The second-order valence-electron chi connectivity index (χ2n) is 3.73. The zero-order valence-electron chi connectivity index (χ0n) is 9.75. The van der Waals surface area contributed by atoms with Gasteiger partial charge in [0.25, 0.3) is 0 Å². The van der Waals surface area contributed by atoms with Gasteiger partial charge in [0, 0.05) is 11.0 Å². The van der Waals surface area contributed by atoms with E-state index < -0.39 is 25.5 Å². The fourth-order valence-corrected chi connectivity index (χ4v) is 1.73. The molecule has 0 radical (unpaired) electrons. The topological polar surface area (TPSA) is 61.7 Å².